The highest BCUT2D eigenvalue weighted by atomic mass is 16.5. The van der Waals surface area contributed by atoms with Gasteiger partial charge in [0.15, 0.2) is 0 Å². The van der Waals surface area contributed by atoms with Crippen molar-refractivity contribution in [2.45, 2.75) is 20.5 Å². The minimum absolute atomic E-state index is 0.229. The van der Waals surface area contributed by atoms with Gasteiger partial charge in [-0.1, -0.05) is 6.08 Å². The van der Waals surface area contributed by atoms with Gasteiger partial charge in [-0.3, -0.25) is 0 Å². The van der Waals surface area contributed by atoms with E-state index in [1.807, 2.05) is 0 Å². The number of hydrogen-bond donors (Lipinski definition) is 1. The van der Waals surface area contributed by atoms with Crippen LogP contribution in [0.2, 0.25) is 0 Å². The van der Waals surface area contributed by atoms with Crippen molar-refractivity contribution in [1.29, 1.82) is 0 Å². The summed E-state index contributed by atoms with van der Waals surface area (Å²) in [5.74, 6) is 0.731. The maximum atomic E-state index is 11.4. The second-order valence-corrected chi connectivity index (χ2v) is 3.05. The van der Waals surface area contributed by atoms with E-state index in [0.717, 1.165) is 0 Å². The van der Waals surface area contributed by atoms with Gasteiger partial charge in [0, 0.05) is 0 Å². The first-order valence-electron chi connectivity index (χ1n) is 4.59. The van der Waals surface area contributed by atoms with Crippen molar-refractivity contribution in [3.8, 4) is 5.75 Å². The van der Waals surface area contributed by atoms with Crippen molar-refractivity contribution < 1.29 is 14.3 Å². The van der Waals surface area contributed by atoms with Gasteiger partial charge < -0.3 is 14.3 Å². The SMILES string of the molecule is CC=Cc1oc(=O)c(C)c(OC)c1CO. The summed E-state index contributed by atoms with van der Waals surface area (Å²) in [4.78, 5) is 11.4. The van der Waals surface area contributed by atoms with Gasteiger partial charge in [0.2, 0.25) is 0 Å². The summed E-state index contributed by atoms with van der Waals surface area (Å²) < 4.78 is 10.1. The van der Waals surface area contributed by atoms with Crippen molar-refractivity contribution in [3.63, 3.8) is 0 Å². The Balaban J connectivity index is 3.54. The van der Waals surface area contributed by atoms with Crippen molar-refractivity contribution >= 4 is 6.08 Å². The molecule has 0 aliphatic carbocycles. The van der Waals surface area contributed by atoms with Crippen molar-refractivity contribution in [1.82, 2.24) is 0 Å². The Hall–Kier alpha value is -1.55. The van der Waals surface area contributed by atoms with Gasteiger partial charge >= 0.3 is 5.63 Å². The molecule has 15 heavy (non-hydrogen) atoms. The van der Waals surface area contributed by atoms with E-state index in [0.29, 0.717) is 22.6 Å². The molecule has 0 radical (unpaired) electrons. The van der Waals surface area contributed by atoms with Crippen LogP contribution in [0, 0.1) is 6.92 Å². The van der Waals surface area contributed by atoms with E-state index >= 15 is 0 Å². The summed E-state index contributed by atoms with van der Waals surface area (Å²) in [6, 6.07) is 0. The third kappa shape index (κ3) is 2.10. The van der Waals surface area contributed by atoms with Crippen LogP contribution in [-0.2, 0) is 6.61 Å². The second kappa shape index (κ2) is 4.79. The Kier molecular flexibility index (Phi) is 3.68. The maximum Gasteiger partial charge on any atom is 0.342 e. The van der Waals surface area contributed by atoms with E-state index in [4.69, 9.17) is 9.15 Å². The fraction of sp³-hybridized carbons (Fsp3) is 0.364. The minimum Gasteiger partial charge on any atom is -0.496 e. The van der Waals surface area contributed by atoms with E-state index < -0.39 is 5.63 Å². The van der Waals surface area contributed by atoms with Gasteiger partial charge in [-0.05, 0) is 19.9 Å². The molecule has 0 amide bonds. The Labute approximate surface area is 87.8 Å². The molecule has 4 heteroatoms. The summed E-state index contributed by atoms with van der Waals surface area (Å²) in [6.07, 6.45) is 3.35. The fourth-order valence-electron chi connectivity index (χ4n) is 1.38. The summed E-state index contributed by atoms with van der Waals surface area (Å²) in [5, 5.41) is 9.20. The van der Waals surface area contributed by atoms with Crippen LogP contribution in [0.1, 0.15) is 23.8 Å². The van der Waals surface area contributed by atoms with E-state index in [1.54, 1.807) is 26.0 Å². The van der Waals surface area contributed by atoms with Gasteiger partial charge in [0.1, 0.15) is 11.5 Å². The van der Waals surface area contributed by atoms with Crippen molar-refractivity contribution in [2.75, 3.05) is 7.11 Å². The first-order valence-corrected chi connectivity index (χ1v) is 4.59. The second-order valence-electron chi connectivity index (χ2n) is 3.05. The fourth-order valence-corrected chi connectivity index (χ4v) is 1.38. The number of allylic oxidation sites excluding steroid dienone is 1. The molecule has 0 bridgehead atoms. The summed E-state index contributed by atoms with van der Waals surface area (Å²) >= 11 is 0. The maximum absolute atomic E-state index is 11.4. The van der Waals surface area contributed by atoms with Crippen LogP contribution in [0.15, 0.2) is 15.3 Å². The average Bonchev–Trinajstić information content (AvgIpc) is 2.23. The van der Waals surface area contributed by atoms with Crippen LogP contribution in [0.3, 0.4) is 0 Å². The molecule has 0 aliphatic rings. The molecule has 0 atom stereocenters. The van der Waals surface area contributed by atoms with E-state index in [-0.39, 0.29) is 6.61 Å². The molecule has 0 fully saturated rings. The molecule has 1 aromatic heterocycles. The van der Waals surface area contributed by atoms with E-state index in [2.05, 4.69) is 0 Å². The molecule has 1 rings (SSSR count). The lowest BCUT2D eigenvalue weighted by Gasteiger charge is -2.10. The molecule has 1 heterocycles. The van der Waals surface area contributed by atoms with Crippen molar-refractivity contribution in [3.05, 3.63) is 33.4 Å². The third-order valence-corrected chi connectivity index (χ3v) is 2.10. The van der Waals surface area contributed by atoms with E-state index in [1.165, 1.54) is 7.11 Å². The number of methoxy groups -OCH3 is 1. The normalized spacial score (nSPS) is 10.9. The lowest BCUT2D eigenvalue weighted by Crippen LogP contribution is -2.10. The molecular formula is C11H14O4. The Morgan fingerprint density at radius 2 is 2.20 bits per heavy atom. The molecule has 0 saturated heterocycles. The summed E-state index contributed by atoms with van der Waals surface area (Å²) in [5.41, 5.74) is 0.416. The molecular weight excluding hydrogens is 196 g/mol. The standard InChI is InChI=1S/C11H14O4/c1-4-5-9-8(6-12)10(14-3)7(2)11(13)15-9/h4-5,12H,6H2,1-3H3. The van der Waals surface area contributed by atoms with Crippen LogP contribution in [0.25, 0.3) is 6.08 Å². The van der Waals surface area contributed by atoms with Crippen LogP contribution in [0.4, 0.5) is 0 Å². The molecule has 0 aromatic carbocycles. The number of rotatable bonds is 3. The van der Waals surface area contributed by atoms with E-state index in [9.17, 15) is 9.90 Å². The van der Waals surface area contributed by atoms with Gasteiger partial charge in [-0.15, -0.1) is 0 Å². The largest absolute Gasteiger partial charge is 0.496 e. The van der Waals surface area contributed by atoms with Gasteiger partial charge in [0.25, 0.3) is 0 Å². The van der Waals surface area contributed by atoms with Crippen LogP contribution >= 0.6 is 0 Å². The highest BCUT2D eigenvalue weighted by molar-refractivity contribution is 5.53. The van der Waals surface area contributed by atoms with Crippen LogP contribution in [0.5, 0.6) is 5.75 Å². The van der Waals surface area contributed by atoms with Crippen LogP contribution < -0.4 is 10.4 Å². The van der Waals surface area contributed by atoms with Gasteiger partial charge in [0.05, 0.1) is 24.8 Å². The Morgan fingerprint density at radius 1 is 1.53 bits per heavy atom. The number of aliphatic hydroxyl groups is 1. The average molecular weight is 210 g/mol. The first kappa shape index (κ1) is 11.5. The highest BCUT2D eigenvalue weighted by Crippen LogP contribution is 2.24. The predicted molar refractivity (Wildman–Crippen MR) is 56.9 cm³/mol. The summed E-state index contributed by atoms with van der Waals surface area (Å²) in [7, 11) is 1.46. The third-order valence-electron chi connectivity index (χ3n) is 2.10. The molecule has 0 unspecified atom stereocenters. The molecule has 0 saturated carbocycles. The quantitative estimate of drug-likeness (QED) is 0.820. The van der Waals surface area contributed by atoms with Crippen molar-refractivity contribution in [2.24, 2.45) is 0 Å². The minimum atomic E-state index is -0.447. The smallest absolute Gasteiger partial charge is 0.342 e. The zero-order valence-corrected chi connectivity index (χ0v) is 9.03. The Morgan fingerprint density at radius 3 is 2.67 bits per heavy atom. The molecule has 4 nitrogen and oxygen atoms in total. The molecule has 1 aromatic rings. The summed E-state index contributed by atoms with van der Waals surface area (Å²) in [6.45, 7) is 3.17. The zero-order chi connectivity index (χ0) is 11.4. The molecule has 0 spiro atoms. The lowest BCUT2D eigenvalue weighted by atomic mass is 10.1. The predicted octanol–water partition coefficient (Wildman–Crippen LogP) is 1.48. The number of aliphatic hydroxyl groups excluding tert-OH is 1. The molecule has 82 valence electrons. The van der Waals surface area contributed by atoms with Gasteiger partial charge in [-0.25, -0.2) is 4.79 Å². The van der Waals surface area contributed by atoms with Gasteiger partial charge in [-0.2, -0.15) is 0 Å². The lowest BCUT2D eigenvalue weighted by molar-refractivity contribution is 0.266. The first-order chi connectivity index (χ1) is 7.15. The number of hydrogen-bond acceptors (Lipinski definition) is 4. The van der Waals surface area contributed by atoms with Crippen LogP contribution in [-0.4, -0.2) is 12.2 Å². The highest BCUT2D eigenvalue weighted by Gasteiger charge is 2.15. The molecule has 1 N–H and O–H groups in total. The molecule has 0 aliphatic heterocycles. The zero-order valence-electron chi connectivity index (χ0n) is 9.03. The Bertz CT molecular complexity index is 429. The topological polar surface area (TPSA) is 59.7 Å². The monoisotopic (exact) mass is 210 g/mol. The number of ether oxygens (including phenoxy) is 1.